The van der Waals surface area contributed by atoms with E-state index in [1.54, 1.807) is 6.92 Å². The molecule has 0 aliphatic carbocycles. The van der Waals surface area contributed by atoms with Gasteiger partial charge in [0.2, 0.25) is 5.91 Å². The fourth-order valence-corrected chi connectivity index (χ4v) is 1.74. The summed E-state index contributed by atoms with van der Waals surface area (Å²) in [7, 11) is 0. The normalized spacial score (nSPS) is 22.6. The van der Waals surface area contributed by atoms with E-state index in [9.17, 15) is 18.0 Å². The van der Waals surface area contributed by atoms with Gasteiger partial charge >= 0.3 is 6.18 Å². The number of alkyl halides is 3. The molecule has 1 heterocycles. The third-order valence-electron chi connectivity index (χ3n) is 2.82. The monoisotopic (exact) mass is 268 g/mol. The largest absolute Gasteiger partial charge is 0.405 e. The summed E-state index contributed by atoms with van der Waals surface area (Å²) < 4.78 is 41.0. The van der Waals surface area contributed by atoms with E-state index < -0.39 is 24.7 Å². The molecule has 1 aliphatic rings. The van der Waals surface area contributed by atoms with E-state index in [0.29, 0.717) is 19.1 Å². The molecule has 0 radical (unpaired) electrons. The smallest absolute Gasteiger partial charge is 0.381 e. The summed E-state index contributed by atoms with van der Waals surface area (Å²) in [5.41, 5.74) is 0. The van der Waals surface area contributed by atoms with Crippen molar-refractivity contribution in [2.24, 2.45) is 5.92 Å². The fraction of sp³-hybridized carbons (Fsp3) is 0.909. The molecule has 2 N–H and O–H groups in total. The average molecular weight is 268 g/mol. The van der Waals surface area contributed by atoms with Crippen LogP contribution in [0.5, 0.6) is 0 Å². The van der Waals surface area contributed by atoms with Gasteiger partial charge in [0.05, 0.1) is 12.6 Å². The Hall–Kier alpha value is -0.820. The number of rotatable bonds is 5. The molecule has 2 atom stereocenters. The van der Waals surface area contributed by atoms with Crippen LogP contribution in [0.3, 0.4) is 0 Å². The van der Waals surface area contributed by atoms with Crippen LogP contribution in [0.15, 0.2) is 0 Å². The number of amides is 1. The van der Waals surface area contributed by atoms with Crippen LogP contribution in [0.1, 0.15) is 19.8 Å². The summed E-state index contributed by atoms with van der Waals surface area (Å²) in [6, 6.07) is -0.630. The summed E-state index contributed by atoms with van der Waals surface area (Å²) >= 11 is 0. The summed E-state index contributed by atoms with van der Waals surface area (Å²) in [6.07, 6.45) is -2.36. The van der Waals surface area contributed by atoms with Gasteiger partial charge in [-0.25, -0.2) is 0 Å². The van der Waals surface area contributed by atoms with Crippen molar-refractivity contribution in [3.05, 3.63) is 0 Å². The lowest BCUT2D eigenvalue weighted by molar-refractivity contribution is -0.139. The number of hydrogen-bond acceptors (Lipinski definition) is 3. The summed E-state index contributed by atoms with van der Waals surface area (Å²) in [5, 5.41) is 4.78. The van der Waals surface area contributed by atoms with Crippen LogP contribution in [0.4, 0.5) is 13.2 Å². The average Bonchev–Trinajstić information content (AvgIpc) is 2.33. The zero-order valence-corrected chi connectivity index (χ0v) is 10.3. The van der Waals surface area contributed by atoms with Crippen molar-refractivity contribution in [2.75, 3.05) is 26.3 Å². The highest BCUT2D eigenvalue weighted by Crippen LogP contribution is 2.13. The Morgan fingerprint density at radius 3 is 2.78 bits per heavy atom. The second-order valence-electron chi connectivity index (χ2n) is 4.55. The van der Waals surface area contributed by atoms with Crippen LogP contribution in [0.25, 0.3) is 0 Å². The number of carbonyl (C=O) groups excluding carboxylic acids is 1. The SMILES string of the molecule is CC(NCC1CCCOC1)C(=O)NCC(F)(F)F. The van der Waals surface area contributed by atoms with Gasteiger partial charge < -0.3 is 15.4 Å². The first-order valence-electron chi connectivity index (χ1n) is 6.04. The predicted molar refractivity (Wildman–Crippen MR) is 60.1 cm³/mol. The molecule has 1 saturated heterocycles. The summed E-state index contributed by atoms with van der Waals surface area (Å²) in [6.45, 7) is 2.25. The number of ether oxygens (including phenoxy) is 1. The highest BCUT2D eigenvalue weighted by Gasteiger charge is 2.28. The van der Waals surface area contributed by atoms with E-state index in [-0.39, 0.29) is 0 Å². The molecule has 0 bridgehead atoms. The minimum Gasteiger partial charge on any atom is -0.381 e. The van der Waals surface area contributed by atoms with Gasteiger partial charge in [-0.3, -0.25) is 4.79 Å². The number of hydrogen-bond donors (Lipinski definition) is 2. The topological polar surface area (TPSA) is 50.4 Å². The second kappa shape index (κ2) is 6.94. The van der Waals surface area contributed by atoms with E-state index >= 15 is 0 Å². The Balaban J connectivity index is 2.18. The first-order valence-corrected chi connectivity index (χ1v) is 6.04. The molecular formula is C11H19F3N2O2. The molecule has 0 aromatic rings. The lowest BCUT2D eigenvalue weighted by Gasteiger charge is -2.24. The lowest BCUT2D eigenvalue weighted by atomic mass is 10.0. The maximum absolute atomic E-state index is 11.9. The molecule has 0 aromatic carbocycles. The van der Waals surface area contributed by atoms with Crippen molar-refractivity contribution in [1.82, 2.24) is 10.6 Å². The Morgan fingerprint density at radius 2 is 2.22 bits per heavy atom. The van der Waals surface area contributed by atoms with Gasteiger partial charge in [0.25, 0.3) is 0 Å². The predicted octanol–water partition coefficient (Wildman–Crippen LogP) is 1.07. The van der Waals surface area contributed by atoms with Crippen molar-refractivity contribution < 1.29 is 22.7 Å². The first kappa shape index (κ1) is 15.2. The van der Waals surface area contributed by atoms with Crippen molar-refractivity contribution in [2.45, 2.75) is 32.0 Å². The maximum atomic E-state index is 11.9. The molecule has 18 heavy (non-hydrogen) atoms. The first-order chi connectivity index (χ1) is 8.38. The third-order valence-corrected chi connectivity index (χ3v) is 2.82. The molecule has 1 amide bonds. The van der Waals surface area contributed by atoms with Crippen LogP contribution in [0, 0.1) is 5.92 Å². The molecule has 7 heteroatoms. The van der Waals surface area contributed by atoms with Crippen LogP contribution >= 0.6 is 0 Å². The zero-order chi connectivity index (χ0) is 13.6. The maximum Gasteiger partial charge on any atom is 0.405 e. The van der Waals surface area contributed by atoms with Crippen LogP contribution < -0.4 is 10.6 Å². The molecule has 1 rings (SSSR count). The minimum atomic E-state index is -4.37. The molecule has 2 unspecified atom stereocenters. The minimum absolute atomic E-state index is 0.330. The zero-order valence-electron chi connectivity index (χ0n) is 10.3. The van der Waals surface area contributed by atoms with Gasteiger partial charge in [-0.1, -0.05) is 0 Å². The van der Waals surface area contributed by atoms with E-state index in [4.69, 9.17) is 4.74 Å². The van der Waals surface area contributed by atoms with E-state index in [1.165, 1.54) is 0 Å². The fourth-order valence-electron chi connectivity index (χ4n) is 1.74. The van der Waals surface area contributed by atoms with Gasteiger partial charge in [-0.2, -0.15) is 13.2 Å². The van der Waals surface area contributed by atoms with Gasteiger partial charge in [-0.15, -0.1) is 0 Å². The molecule has 106 valence electrons. The highest BCUT2D eigenvalue weighted by atomic mass is 19.4. The standard InChI is InChI=1S/C11H19F3N2O2/c1-8(10(17)16-7-11(12,13)14)15-5-9-3-2-4-18-6-9/h8-9,15H,2-7H2,1H3,(H,16,17). The Morgan fingerprint density at radius 1 is 1.50 bits per heavy atom. The molecule has 0 aromatic heterocycles. The Bertz CT molecular complexity index is 266. The van der Waals surface area contributed by atoms with Gasteiger partial charge in [0, 0.05) is 13.2 Å². The van der Waals surface area contributed by atoms with Crippen LogP contribution in [-0.4, -0.2) is 44.4 Å². The van der Waals surface area contributed by atoms with Gasteiger partial charge in [0.15, 0.2) is 0 Å². The molecular weight excluding hydrogens is 249 g/mol. The Labute approximate surface area is 104 Å². The molecule has 1 aliphatic heterocycles. The van der Waals surface area contributed by atoms with Crippen molar-refractivity contribution in [3.63, 3.8) is 0 Å². The van der Waals surface area contributed by atoms with Gasteiger partial charge in [-0.05, 0) is 25.7 Å². The van der Waals surface area contributed by atoms with E-state index in [1.807, 2.05) is 5.32 Å². The quantitative estimate of drug-likeness (QED) is 0.784. The van der Waals surface area contributed by atoms with Crippen LogP contribution in [-0.2, 0) is 9.53 Å². The van der Waals surface area contributed by atoms with Gasteiger partial charge in [0.1, 0.15) is 6.54 Å². The number of halogens is 3. The lowest BCUT2D eigenvalue weighted by Crippen LogP contribution is -2.46. The second-order valence-corrected chi connectivity index (χ2v) is 4.55. The summed E-state index contributed by atoms with van der Waals surface area (Å²) in [4.78, 5) is 11.4. The molecule has 0 saturated carbocycles. The van der Waals surface area contributed by atoms with E-state index in [2.05, 4.69) is 5.32 Å². The van der Waals surface area contributed by atoms with Crippen molar-refractivity contribution >= 4 is 5.91 Å². The molecule has 1 fully saturated rings. The number of carbonyl (C=O) groups is 1. The number of nitrogens with one attached hydrogen (secondary N) is 2. The molecule has 4 nitrogen and oxygen atoms in total. The van der Waals surface area contributed by atoms with Crippen molar-refractivity contribution in [3.8, 4) is 0 Å². The molecule has 0 spiro atoms. The third kappa shape index (κ3) is 6.20. The Kier molecular flexibility index (Phi) is 5.87. The van der Waals surface area contributed by atoms with Crippen molar-refractivity contribution in [1.29, 1.82) is 0 Å². The van der Waals surface area contributed by atoms with E-state index in [0.717, 1.165) is 19.4 Å². The summed E-state index contributed by atoms with van der Waals surface area (Å²) in [5.74, 6) is -0.305. The highest BCUT2D eigenvalue weighted by molar-refractivity contribution is 5.81. The van der Waals surface area contributed by atoms with Crippen LogP contribution in [0.2, 0.25) is 0 Å².